The van der Waals surface area contributed by atoms with Gasteiger partial charge in [0, 0.05) is 12.8 Å². The first-order valence-corrected chi connectivity index (χ1v) is 34.4. The molecule has 0 spiro atoms. The summed E-state index contributed by atoms with van der Waals surface area (Å²) >= 11 is 0. The van der Waals surface area contributed by atoms with Crippen molar-refractivity contribution in [1.29, 1.82) is 0 Å². The Morgan fingerprint density at radius 1 is 0.457 bits per heavy atom. The van der Waals surface area contributed by atoms with E-state index in [0.29, 0.717) is 19.4 Å². The summed E-state index contributed by atoms with van der Waals surface area (Å²) in [6.45, 7) is 4.32. The first-order chi connectivity index (χ1) is 39.7. The van der Waals surface area contributed by atoms with Crippen molar-refractivity contribution >= 4 is 11.9 Å². The molecule has 81 heavy (non-hydrogen) atoms. The summed E-state index contributed by atoms with van der Waals surface area (Å²) < 4.78 is 16.7. The fraction of sp³-hybridized carbons (Fsp3) is 0.857. The molecule has 0 aromatic rings. The zero-order valence-electron chi connectivity index (χ0n) is 52.5. The van der Waals surface area contributed by atoms with Crippen LogP contribution < -0.4 is 5.32 Å². The molecule has 1 saturated heterocycles. The van der Waals surface area contributed by atoms with Crippen molar-refractivity contribution in [3.63, 3.8) is 0 Å². The second-order valence-electron chi connectivity index (χ2n) is 23.9. The van der Waals surface area contributed by atoms with Crippen LogP contribution in [0.25, 0.3) is 0 Å². The highest BCUT2D eigenvalue weighted by molar-refractivity contribution is 5.76. The fourth-order valence-electron chi connectivity index (χ4n) is 10.7. The number of ether oxygens (including phenoxy) is 3. The van der Waals surface area contributed by atoms with Gasteiger partial charge >= 0.3 is 5.97 Å². The van der Waals surface area contributed by atoms with Crippen LogP contribution in [0, 0.1) is 0 Å². The highest BCUT2D eigenvalue weighted by Crippen LogP contribution is 2.23. The molecule has 1 aliphatic rings. The van der Waals surface area contributed by atoms with E-state index >= 15 is 0 Å². The van der Waals surface area contributed by atoms with Gasteiger partial charge in [-0.3, -0.25) is 9.59 Å². The highest BCUT2D eigenvalue weighted by Gasteiger charge is 2.44. The maximum atomic E-state index is 13.1. The van der Waals surface area contributed by atoms with Crippen molar-refractivity contribution in [2.75, 3.05) is 19.8 Å². The van der Waals surface area contributed by atoms with Crippen LogP contribution in [0.4, 0.5) is 0 Å². The molecule has 0 bridgehead atoms. The van der Waals surface area contributed by atoms with Gasteiger partial charge in [0.05, 0.1) is 32.0 Å². The van der Waals surface area contributed by atoms with Gasteiger partial charge in [0.1, 0.15) is 24.4 Å². The van der Waals surface area contributed by atoms with Crippen LogP contribution in [0.2, 0.25) is 0 Å². The van der Waals surface area contributed by atoms with E-state index in [2.05, 4.69) is 55.6 Å². The van der Waals surface area contributed by atoms with E-state index < -0.39 is 49.5 Å². The third-order valence-electron chi connectivity index (χ3n) is 16.2. The average Bonchev–Trinajstić information content (AvgIpc) is 3.54. The molecule has 7 atom stereocenters. The molecular formula is C70H129NO10. The van der Waals surface area contributed by atoms with Crippen LogP contribution in [0.1, 0.15) is 322 Å². The van der Waals surface area contributed by atoms with E-state index in [-0.39, 0.29) is 18.5 Å². The van der Waals surface area contributed by atoms with E-state index in [1.165, 1.54) is 231 Å². The Hall–Kier alpha value is -2.38. The van der Waals surface area contributed by atoms with Crippen molar-refractivity contribution in [2.24, 2.45) is 0 Å². The fourth-order valence-corrected chi connectivity index (χ4v) is 10.7. The summed E-state index contributed by atoms with van der Waals surface area (Å²) in [5.74, 6) is -0.190. The lowest BCUT2D eigenvalue weighted by molar-refractivity contribution is -0.302. The number of hydrogen-bond donors (Lipinski definition) is 6. The number of aliphatic hydroxyl groups excluding tert-OH is 5. The molecule has 6 N–H and O–H groups in total. The molecule has 0 aromatic heterocycles. The van der Waals surface area contributed by atoms with Crippen molar-refractivity contribution < 1.29 is 49.3 Å². The maximum Gasteiger partial charge on any atom is 0.305 e. The van der Waals surface area contributed by atoms with E-state index in [0.717, 1.165) is 64.2 Å². The van der Waals surface area contributed by atoms with Crippen LogP contribution in [0.15, 0.2) is 48.6 Å². The first kappa shape index (κ1) is 76.6. The van der Waals surface area contributed by atoms with Gasteiger partial charge in [-0.1, -0.05) is 274 Å². The Balaban J connectivity index is 2.01. The van der Waals surface area contributed by atoms with Gasteiger partial charge in [-0.25, -0.2) is 0 Å². The number of unbranched alkanes of at least 4 members (excludes halogenated alkanes) is 40. The minimum absolute atomic E-state index is 0.00796. The predicted molar refractivity (Wildman–Crippen MR) is 338 cm³/mol. The number of hydrogen-bond acceptors (Lipinski definition) is 10. The van der Waals surface area contributed by atoms with Gasteiger partial charge in [-0.15, -0.1) is 0 Å². The smallest absolute Gasteiger partial charge is 0.305 e. The normalized spacial score (nSPS) is 18.5. The summed E-state index contributed by atoms with van der Waals surface area (Å²) in [5.41, 5.74) is 0. The molecule has 0 saturated carbocycles. The summed E-state index contributed by atoms with van der Waals surface area (Å²) in [7, 11) is 0. The third-order valence-corrected chi connectivity index (χ3v) is 16.2. The number of carbonyl (C=O) groups excluding carboxylic acids is 2. The van der Waals surface area contributed by atoms with Crippen LogP contribution >= 0.6 is 0 Å². The number of nitrogens with one attached hydrogen (secondary N) is 1. The average molecular weight is 1140 g/mol. The summed E-state index contributed by atoms with van der Waals surface area (Å²) in [5, 5.41) is 54.5. The summed E-state index contributed by atoms with van der Waals surface area (Å²) in [6, 6.07) is -0.811. The number of amides is 1. The molecule has 7 unspecified atom stereocenters. The van der Waals surface area contributed by atoms with Gasteiger partial charge in [0.2, 0.25) is 5.91 Å². The molecule has 0 radical (unpaired) electrons. The molecule has 1 aliphatic heterocycles. The topological polar surface area (TPSA) is 175 Å². The van der Waals surface area contributed by atoms with Crippen LogP contribution in [-0.4, -0.2) is 100 Å². The van der Waals surface area contributed by atoms with Gasteiger partial charge in [0.25, 0.3) is 0 Å². The standard InChI is InChI=1S/C70H129NO10/c1-3-5-7-9-11-13-15-33-37-40-44-48-52-56-63(73)62(61-80-70-69(78)68(77)67(76)64(60-72)81-70)71-65(74)57-53-49-45-41-38-34-31-29-27-25-23-21-19-17-16-18-20-22-24-26-28-30-32-35-39-43-47-51-55-59-79-66(75)58-54-50-46-42-36-14-12-10-8-6-4-2/h10,12,16,18,22,24,52,56,62-64,67-70,72-73,76-78H,3-9,11,13-15,17,19-21,23,25-51,53-55,57-61H2,1-2H3,(H,71,74)/b12-10-,18-16-,24-22-,56-52+. The van der Waals surface area contributed by atoms with Crippen LogP contribution in [0.3, 0.4) is 0 Å². The van der Waals surface area contributed by atoms with Gasteiger partial charge in [-0.2, -0.15) is 0 Å². The van der Waals surface area contributed by atoms with Gasteiger partial charge < -0.3 is 45.1 Å². The highest BCUT2D eigenvalue weighted by atomic mass is 16.7. The lowest BCUT2D eigenvalue weighted by atomic mass is 9.99. The van der Waals surface area contributed by atoms with Gasteiger partial charge in [-0.05, 0) is 83.5 Å². The predicted octanol–water partition coefficient (Wildman–Crippen LogP) is 17.2. The Bertz CT molecular complexity index is 1480. The molecule has 1 heterocycles. The molecule has 1 amide bonds. The largest absolute Gasteiger partial charge is 0.466 e. The molecule has 474 valence electrons. The molecule has 11 heteroatoms. The Labute approximate surface area is 497 Å². The van der Waals surface area contributed by atoms with Crippen molar-refractivity contribution in [3.8, 4) is 0 Å². The zero-order chi connectivity index (χ0) is 58.7. The number of carbonyl (C=O) groups is 2. The second-order valence-corrected chi connectivity index (χ2v) is 23.9. The third kappa shape index (κ3) is 48.5. The Kier molecular flexibility index (Phi) is 56.2. The van der Waals surface area contributed by atoms with Crippen molar-refractivity contribution in [3.05, 3.63) is 48.6 Å². The molecule has 1 fully saturated rings. The van der Waals surface area contributed by atoms with E-state index in [1.54, 1.807) is 6.08 Å². The number of aliphatic hydroxyl groups is 5. The first-order valence-electron chi connectivity index (χ1n) is 34.4. The quantitative estimate of drug-likeness (QED) is 0.0195. The molecule has 1 rings (SSSR count). The van der Waals surface area contributed by atoms with Crippen LogP contribution in [-0.2, 0) is 23.8 Å². The monoisotopic (exact) mass is 1140 g/mol. The van der Waals surface area contributed by atoms with Gasteiger partial charge in [0.15, 0.2) is 6.29 Å². The number of allylic oxidation sites excluding steroid dienone is 7. The zero-order valence-corrected chi connectivity index (χ0v) is 52.5. The second kappa shape index (κ2) is 59.4. The van der Waals surface area contributed by atoms with Crippen molar-refractivity contribution in [1.82, 2.24) is 5.32 Å². The van der Waals surface area contributed by atoms with E-state index in [9.17, 15) is 35.1 Å². The number of esters is 1. The molecule has 11 nitrogen and oxygen atoms in total. The molecule has 0 aromatic carbocycles. The maximum absolute atomic E-state index is 13.1. The lowest BCUT2D eigenvalue weighted by Gasteiger charge is -2.40. The molecule has 0 aliphatic carbocycles. The van der Waals surface area contributed by atoms with Crippen molar-refractivity contribution in [2.45, 2.75) is 365 Å². The SMILES string of the molecule is CCCC/C=C\CCCCCCCC(=O)OCCCCCCCCCCC/C=C\C/C=C\CCCCCCCCCCCCCCCC(=O)NC(COC1OC(CO)C(O)C(O)C1O)C(O)/C=C/CCCCCCCCCCCCC. The minimum Gasteiger partial charge on any atom is -0.466 e. The van der Waals surface area contributed by atoms with E-state index in [1.807, 2.05) is 6.08 Å². The summed E-state index contributed by atoms with van der Waals surface area (Å²) in [4.78, 5) is 25.1. The number of rotatable bonds is 60. The Morgan fingerprint density at radius 3 is 1.30 bits per heavy atom. The lowest BCUT2D eigenvalue weighted by Crippen LogP contribution is -2.60. The Morgan fingerprint density at radius 2 is 0.840 bits per heavy atom. The summed E-state index contributed by atoms with van der Waals surface area (Å²) in [6.07, 6.45) is 66.6. The minimum atomic E-state index is -1.57. The van der Waals surface area contributed by atoms with E-state index in [4.69, 9.17) is 14.2 Å². The van der Waals surface area contributed by atoms with Crippen LogP contribution in [0.5, 0.6) is 0 Å². The molecular weight excluding hydrogens is 1010 g/mol.